The monoisotopic (exact) mass is 360 g/mol. The highest BCUT2D eigenvalue weighted by Gasteiger charge is 2.51. The number of ether oxygens (including phenoxy) is 1. The van der Waals surface area contributed by atoms with E-state index in [0.717, 1.165) is 10.6 Å². The number of H-pyrrole nitrogens is 1. The summed E-state index contributed by atoms with van der Waals surface area (Å²) in [5.41, 5.74) is -1.34. The molecule has 4 atom stereocenters. The lowest BCUT2D eigenvalue weighted by molar-refractivity contribution is -0.0479. The second-order valence-electron chi connectivity index (χ2n) is 7.55. The van der Waals surface area contributed by atoms with Crippen molar-refractivity contribution in [3.8, 4) is 0 Å². The van der Waals surface area contributed by atoms with E-state index in [0.29, 0.717) is 0 Å². The minimum Gasteiger partial charge on any atom is -0.408 e. The fourth-order valence-electron chi connectivity index (χ4n) is 2.35. The summed E-state index contributed by atoms with van der Waals surface area (Å²) in [5, 5.41) is 9.39. The van der Waals surface area contributed by atoms with Gasteiger partial charge in [0.2, 0.25) is 0 Å². The number of halogens is 1. The van der Waals surface area contributed by atoms with Gasteiger partial charge in [-0.15, -0.1) is 0 Å². The van der Waals surface area contributed by atoms with Gasteiger partial charge in [0.25, 0.3) is 5.56 Å². The highest BCUT2D eigenvalue weighted by Crippen LogP contribution is 2.41. The predicted octanol–water partition coefficient (Wildman–Crippen LogP) is 1.15. The molecule has 2 heterocycles. The van der Waals surface area contributed by atoms with E-state index in [4.69, 9.17) is 9.16 Å². The summed E-state index contributed by atoms with van der Waals surface area (Å²) in [7, 11) is -2.30. The van der Waals surface area contributed by atoms with E-state index in [1.54, 1.807) is 0 Å². The Morgan fingerprint density at radius 3 is 2.54 bits per heavy atom. The molecule has 24 heavy (non-hydrogen) atoms. The molecule has 1 fully saturated rings. The van der Waals surface area contributed by atoms with Gasteiger partial charge in [0.15, 0.2) is 20.7 Å². The molecule has 0 amide bonds. The summed E-state index contributed by atoms with van der Waals surface area (Å²) in [6.45, 7) is 9.62. The van der Waals surface area contributed by atoms with Crippen LogP contribution in [0.4, 0.5) is 4.39 Å². The Kier molecular flexibility index (Phi) is 5.19. The Morgan fingerprint density at radius 1 is 1.42 bits per heavy atom. The molecule has 0 aromatic carbocycles. The second kappa shape index (κ2) is 6.55. The molecule has 0 spiro atoms. The van der Waals surface area contributed by atoms with Gasteiger partial charge in [-0.05, 0) is 18.1 Å². The SMILES string of the molecule is CC(C)(C)[Si](C)(C)O[C@@H]1[C@@H](F)[C@H](n2ccc(=O)[nH]c2=O)O[C@@H]1CO. The number of nitrogens with zero attached hydrogens (tertiary/aromatic N) is 1. The van der Waals surface area contributed by atoms with Gasteiger partial charge in [-0.3, -0.25) is 14.3 Å². The van der Waals surface area contributed by atoms with E-state index in [-0.39, 0.29) is 5.04 Å². The smallest absolute Gasteiger partial charge is 0.330 e. The number of aromatic amines is 1. The van der Waals surface area contributed by atoms with Gasteiger partial charge in [-0.25, -0.2) is 9.18 Å². The zero-order chi connectivity index (χ0) is 18.3. The van der Waals surface area contributed by atoms with Crippen LogP contribution in [0.25, 0.3) is 0 Å². The van der Waals surface area contributed by atoms with Gasteiger partial charge in [-0.1, -0.05) is 20.8 Å². The summed E-state index contributed by atoms with van der Waals surface area (Å²) in [6, 6.07) is 1.12. The summed E-state index contributed by atoms with van der Waals surface area (Å²) in [5.74, 6) is 0. The van der Waals surface area contributed by atoms with Crippen molar-refractivity contribution in [2.24, 2.45) is 0 Å². The molecule has 0 radical (unpaired) electrons. The number of aromatic nitrogens is 2. The van der Waals surface area contributed by atoms with Crippen LogP contribution in [0.1, 0.15) is 27.0 Å². The number of hydrogen-bond donors (Lipinski definition) is 2. The number of aliphatic hydroxyl groups excluding tert-OH is 1. The zero-order valence-corrected chi connectivity index (χ0v) is 15.6. The number of aliphatic hydroxyl groups is 1. The van der Waals surface area contributed by atoms with Crippen molar-refractivity contribution in [3.05, 3.63) is 33.1 Å². The Bertz CT molecular complexity index is 696. The predicted molar refractivity (Wildman–Crippen MR) is 89.3 cm³/mol. The first kappa shape index (κ1) is 19.0. The van der Waals surface area contributed by atoms with Crippen LogP contribution in [0.3, 0.4) is 0 Å². The maximum Gasteiger partial charge on any atom is 0.330 e. The van der Waals surface area contributed by atoms with Crippen molar-refractivity contribution in [2.75, 3.05) is 6.61 Å². The molecule has 7 nitrogen and oxygen atoms in total. The van der Waals surface area contributed by atoms with Crippen LogP contribution >= 0.6 is 0 Å². The van der Waals surface area contributed by atoms with Crippen molar-refractivity contribution >= 4 is 8.32 Å². The van der Waals surface area contributed by atoms with Gasteiger partial charge in [0, 0.05) is 12.3 Å². The van der Waals surface area contributed by atoms with Crippen molar-refractivity contribution in [2.45, 2.75) is 63.5 Å². The Morgan fingerprint density at radius 2 is 2.04 bits per heavy atom. The van der Waals surface area contributed by atoms with E-state index >= 15 is 0 Å². The first-order chi connectivity index (χ1) is 11.0. The topological polar surface area (TPSA) is 93.6 Å². The minimum atomic E-state index is -2.30. The number of rotatable bonds is 4. The van der Waals surface area contributed by atoms with Crippen LogP contribution in [0.15, 0.2) is 21.9 Å². The Balaban J connectivity index is 2.31. The Hall–Kier alpha value is -1.29. The van der Waals surface area contributed by atoms with Gasteiger partial charge in [0.1, 0.15) is 12.2 Å². The normalized spacial score (nSPS) is 28.3. The van der Waals surface area contributed by atoms with E-state index in [9.17, 15) is 19.1 Å². The first-order valence-electron chi connectivity index (χ1n) is 7.87. The lowest BCUT2D eigenvalue weighted by Crippen LogP contribution is -2.49. The van der Waals surface area contributed by atoms with E-state index in [1.807, 2.05) is 33.9 Å². The lowest BCUT2D eigenvalue weighted by Gasteiger charge is -2.39. The molecule has 1 aliphatic rings. The maximum atomic E-state index is 15.0. The maximum absolute atomic E-state index is 15.0. The molecule has 2 rings (SSSR count). The molecule has 2 N–H and O–H groups in total. The fourth-order valence-corrected chi connectivity index (χ4v) is 3.67. The minimum absolute atomic E-state index is 0.139. The van der Waals surface area contributed by atoms with Gasteiger partial charge < -0.3 is 14.3 Å². The van der Waals surface area contributed by atoms with Crippen LogP contribution in [0, 0.1) is 0 Å². The molecular weight excluding hydrogens is 335 g/mol. The van der Waals surface area contributed by atoms with Crippen LogP contribution in [0.2, 0.25) is 18.1 Å². The van der Waals surface area contributed by atoms with Crippen LogP contribution in [-0.2, 0) is 9.16 Å². The molecular formula is C15H25FN2O5Si. The molecule has 1 saturated heterocycles. The number of hydrogen-bond acceptors (Lipinski definition) is 5. The van der Waals surface area contributed by atoms with Gasteiger partial charge >= 0.3 is 5.69 Å². The van der Waals surface area contributed by atoms with Crippen LogP contribution in [-0.4, -0.2) is 48.0 Å². The molecule has 9 heteroatoms. The summed E-state index contributed by atoms with van der Waals surface area (Å²) in [6.07, 6.45) is -3.56. The highest BCUT2D eigenvalue weighted by atomic mass is 28.4. The molecule has 0 unspecified atom stereocenters. The average molecular weight is 360 g/mol. The lowest BCUT2D eigenvalue weighted by atomic mass is 10.1. The van der Waals surface area contributed by atoms with E-state index in [1.165, 1.54) is 6.20 Å². The van der Waals surface area contributed by atoms with E-state index < -0.39 is 50.8 Å². The molecule has 0 aliphatic carbocycles. The first-order valence-corrected chi connectivity index (χ1v) is 10.8. The molecule has 1 aromatic rings. The van der Waals surface area contributed by atoms with Crippen LogP contribution in [0.5, 0.6) is 0 Å². The van der Waals surface area contributed by atoms with Crippen molar-refractivity contribution in [1.82, 2.24) is 9.55 Å². The largest absolute Gasteiger partial charge is 0.408 e. The summed E-state index contributed by atoms with van der Waals surface area (Å²) in [4.78, 5) is 25.1. The Labute approximate surface area is 140 Å². The number of alkyl halides is 1. The molecule has 0 bridgehead atoms. The average Bonchev–Trinajstić information content (AvgIpc) is 2.74. The molecule has 136 valence electrons. The third-order valence-corrected chi connectivity index (χ3v) is 9.28. The highest BCUT2D eigenvalue weighted by molar-refractivity contribution is 6.74. The molecule has 1 aromatic heterocycles. The standard InChI is InChI=1S/C15H25FN2O5Si/c1-15(2,3)24(4,5)23-12-9(8-19)22-13(11(12)16)18-7-6-10(20)17-14(18)21/h6-7,9,11-13,19H,8H2,1-5H3,(H,17,20,21)/t9-,11-,12+,13-/m1/s1. The van der Waals surface area contributed by atoms with Crippen molar-refractivity contribution < 1.29 is 18.7 Å². The third-order valence-electron chi connectivity index (χ3n) is 4.81. The quantitative estimate of drug-likeness (QED) is 0.786. The van der Waals surface area contributed by atoms with E-state index in [2.05, 4.69) is 4.98 Å². The zero-order valence-electron chi connectivity index (χ0n) is 14.6. The van der Waals surface area contributed by atoms with Crippen LogP contribution < -0.4 is 11.2 Å². The molecule has 1 aliphatic heterocycles. The van der Waals surface area contributed by atoms with Gasteiger partial charge in [-0.2, -0.15) is 0 Å². The number of nitrogens with one attached hydrogen (secondary N) is 1. The molecule has 0 saturated carbocycles. The summed E-state index contributed by atoms with van der Waals surface area (Å²) >= 11 is 0. The van der Waals surface area contributed by atoms with Crippen molar-refractivity contribution in [3.63, 3.8) is 0 Å². The summed E-state index contributed by atoms with van der Waals surface area (Å²) < 4.78 is 27.6. The third kappa shape index (κ3) is 3.53. The van der Waals surface area contributed by atoms with Crippen molar-refractivity contribution in [1.29, 1.82) is 0 Å². The second-order valence-corrected chi connectivity index (χ2v) is 12.3. The van der Waals surface area contributed by atoms with Gasteiger partial charge in [0.05, 0.1) is 6.61 Å². The fraction of sp³-hybridized carbons (Fsp3) is 0.733.